The monoisotopic (exact) mass is 390 g/mol. The fourth-order valence-corrected chi connectivity index (χ4v) is 3.22. The first-order chi connectivity index (χ1) is 13.6. The number of anilines is 1. The molecule has 3 aromatic carbocycles. The summed E-state index contributed by atoms with van der Waals surface area (Å²) >= 11 is 5.96. The Kier molecular flexibility index (Phi) is 4.88. The molecule has 1 aliphatic heterocycles. The van der Waals surface area contributed by atoms with Crippen LogP contribution in [0.2, 0.25) is 5.02 Å². The van der Waals surface area contributed by atoms with E-state index in [9.17, 15) is 4.79 Å². The lowest BCUT2D eigenvalue weighted by Gasteiger charge is -2.22. The molecule has 5 nitrogen and oxygen atoms in total. The third-order valence-corrected chi connectivity index (χ3v) is 4.66. The first kappa shape index (κ1) is 17.9. The molecule has 28 heavy (non-hydrogen) atoms. The molecular formula is C22H15ClN2O3. The van der Waals surface area contributed by atoms with Gasteiger partial charge in [0.25, 0.3) is 0 Å². The molecule has 0 aliphatic carbocycles. The van der Waals surface area contributed by atoms with Crippen LogP contribution in [0.4, 0.5) is 16.2 Å². The van der Waals surface area contributed by atoms with Gasteiger partial charge in [-0.3, -0.25) is 4.90 Å². The van der Waals surface area contributed by atoms with Crippen molar-refractivity contribution >= 4 is 29.1 Å². The van der Waals surface area contributed by atoms with Crippen LogP contribution in [0.15, 0.2) is 72.8 Å². The van der Waals surface area contributed by atoms with Crippen LogP contribution in [0, 0.1) is 6.57 Å². The molecule has 1 fully saturated rings. The van der Waals surface area contributed by atoms with Gasteiger partial charge in [0.05, 0.1) is 12.6 Å². The number of halogens is 1. The number of cyclic esters (lactones) is 1. The quantitative estimate of drug-likeness (QED) is 0.485. The van der Waals surface area contributed by atoms with Crippen molar-refractivity contribution in [2.24, 2.45) is 0 Å². The summed E-state index contributed by atoms with van der Waals surface area (Å²) in [6.45, 7) is 7.36. The third-order valence-electron chi connectivity index (χ3n) is 4.40. The maximum atomic E-state index is 12.3. The molecule has 1 atom stereocenters. The van der Waals surface area contributed by atoms with E-state index in [1.165, 1.54) is 0 Å². The average Bonchev–Trinajstić information content (AvgIpc) is 3.10. The normalized spacial score (nSPS) is 15.8. The second-order valence-electron chi connectivity index (χ2n) is 6.22. The van der Waals surface area contributed by atoms with Crippen LogP contribution in [0.25, 0.3) is 4.85 Å². The average molecular weight is 391 g/mol. The van der Waals surface area contributed by atoms with Crippen molar-refractivity contribution < 1.29 is 14.3 Å². The van der Waals surface area contributed by atoms with E-state index >= 15 is 0 Å². The molecule has 0 spiro atoms. The van der Waals surface area contributed by atoms with Gasteiger partial charge in [-0.05, 0) is 54.1 Å². The Labute approximate surface area is 167 Å². The Hall–Kier alpha value is -3.49. The molecule has 0 saturated carbocycles. The second-order valence-corrected chi connectivity index (χ2v) is 6.66. The first-order valence-electron chi connectivity index (χ1n) is 8.61. The predicted octanol–water partition coefficient (Wildman–Crippen LogP) is 6.38. The molecule has 4 rings (SSSR count). The number of carbonyl (C=O) groups is 1. The van der Waals surface area contributed by atoms with E-state index in [1.807, 2.05) is 24.3 Å². The van der Waals surface area contributed by atoms with Crippen LogP contribution >= 0.6 is 11.6 Å². The van der Waals surface area contributed by atoms with Crippen molar-refractivity contribution in [1.29, 1.82) is 0 Å². The smallest absolute Gasteiger partial charge is 0.415 e. The molecule has 1 amide bonds. The van der Waals surface area contributed by atoms with Crippen molar-refractivity contribution in [3.05, 3.63) is 94.8 Å². The maximum Gasteiger partial charge on any atom is 0.415 e. The number of rotatable bonds is 4. The Bertz CT molecular complexity index is 1060. The number of benzene rings is 3. The fourth-order valence-electron chi connectivity index (χ4n) is 3.09. The summed E-state index contributed by atoms with van der Waals surface area (Å²) in [5, 5.41) is 0.602. The van der Waals surface area contributed by atoms with Crippen molar-refractivity contribution in [1.82, 2.24) is 0 Å². The number of ether oxygens (including phenoxy) is 2. The second kappa shape index (κ2) is 7.63. The van der Waals surface area contributed by atoms with Crippen LogP contribution in [-0.4, -0.2) is 12.7 Å². The van der Waals surface area contributed by atoms with Gasteiger partial charge in [-0.15, -0.1) is 0 Å². The molecular weight excluding hydrogens is 376 g/mol. The van der Waals surface area contributed by atoms with Crippen LogP contribution in [0.5, 0.6) is 11.5 Å². The Morgan fingerprint density at radius 3 is 2.50 bits per heavy atom. The molecule has 3 aromatic rings. The highest BCUT2D eigenvalue weighted by Crippen LogP contribution is 2.35. The van der Waals surface area contributed by atoms with Gasteiger partial charge in [-0.2, -0.15) is 0 Å². The van der Waals surface area contributed by atoms with Gasteiger partial charge in [0.2, 0.25) is 0 Å². The standard InChI is InChI=1S/C22H15ClN2O3/c1-24-17-5-3-7-20(13-17)28-19-6-2-4-15(12-19)21-14-27-22(26)25(21)18-10-8-16(23)9-11-18/h2-13,21H,14H2/t21-/m1/s1. The fraction of sp³-hybridized carbons (Fsp3) is 0.0909. The van der Waals surface area contributed by atoms with Crippen LogP contribution in [-0.2, 0) is 4.74 Å². The number of nitrogens with zero attached hydrogens (tertiary/aromatic N) is 2. The van der Waals surface area contributed by atoms with Crippen molar-refractivity contribution in [3.8, 4) is 11.5 Å². The zero-order chi connectivity index (χ0) is 19.5. The molecule has 0 bridgehead atoms. The van der Waals surface area contributed by atoms with Gasteiger partial charge in [0.15, 0.2) is 5.69 Å². The van der Waals surface area contributed by atoms with Gasteiger partial charge in [-0.1, -0.05) is 35.9 Å². The Morgan fingerprint density at radius 2 is 1.75 bits per heavy atom. The van der Waals surface area contributed by atoms with E-state index in [4.69, 9.17) is 27.6 Å². The maximum absolute atomic E-state index is 12.3. The molecule has 1 saturated heterocycles. The number of hydrogen-bond acceptors (Lipinski definition) is 3. The Balaban J connectivity index is 1.61. The SMILES string of the molecule is [C-]#[N+]c1cccc(Oc2cccc([C@H]3COC(=O)N3c3ccc(Cl)cc3)c2)c1. The molecule has 0 N–H and O–H groups in total. The summed E-state index contributed by atoms with van der Waals surface area (Å²) in [4.78, 5) is 17.3. The number of amides is 1. The summed E-state index contributed by atoms with van der Waals surface area (Å²) in [5.74, 6) is 1.20. The van der Waals surface area contributed by atoms with E-state index in [0.717, 1.165) is 5.56 Å². The van der Waals surface area contributed by atoms with E-state index in [1.54, 1.807) is 53.4 Å². The van der Waals surface area contributed by atoms with E-state index in [2.05, 4.69) is 4.85 Å². The molecule has 0 unspecified atom stereocenters. The summed E-state index contributed by atoms with van der Waals surface area (Å²) in [5.41, 5.74) is 2.12. The highest BCUT2D eigenvalue weighted by molar-refractivity contribution is 6.30. The highest BCUT2D eigenvalue weighted by Gasteiger charge is 2.35. The minimum absolute atomic E-state index is 0.248. The molecule has 138 valence electrons. The van der Waals surface area contributed by atoms with Crippen molar-refractivity contribution in [2.45, 2.75) is 6.04 Å². The Morgan fingerprint density at radius 1 is 1.04 bits per heavy atom. The summed E-state index contributed by atoms with van der Waals surface area (Å²) in [6, 6.07) is 21.3. The summed E-state index contributed by atoms with van der Waals surface area (Å²) in [7, 11) is 0. The van der Waals surface area contributed by atoms with E-state index < -0.39 is 6.09 Å². The number of hydrogen-bond donors (Lipinski definition) is 0. The molecule has 1 heterocycles. The van der Waals surface area contributed by atoms with Gasteiger partial charge < -0.3 is 9.47 Å². The minimum Gasteiger partial charge on any atom is -0.459 e. The van der Waals surface area contributed by atoms with Crippen molar-refractivity contribution in [2.75, 3.05) is 11.5 Å². The van der Waals surface area contributed by atoms with Crippen LogP contribution in [0.3, 0.4) is 0 Å². The van der Waals surface area contributed by atoms with Gasteiger partial charge in [0.1, 0.15) is 18.1 Å². The third kappa shape index (κ3) is 3.64. The largest absolute Gasteiger partial charge is 0.459 e. The van der Waals surface area contributed by atoms with Crippen LogP contribution < -0.4 is 9.64 Å². The lowest BCUT2D eigenvalue weighted by molar-refractivity contribution is 0.179. The van der Waals surface area contributed by atoms with E-state index in [-0.39, 0.29) is 12.6 Å². The topological polar surface area (TPSA) is 43.1 Å². The lowest BCUT2D eigenvalue weighted by Crippen LogP contribution is -2.27. The molecule has 6 heteroatoms. The summed E-state index contributed by atoms with van der Waals surface area (Å²) in [6.07, 6.45) is -0.400. The van der Waals surface area contributed by atoms with Gasteiger partial charge >= 0.3 is 6.09 Å². The van der Waals surface area contributed by atoms with Crippen molar-refractivity contribution in [3.63, 3.8) is 0 Å². The molecule has 1 aliphatic rings. The first-order valence-corrected chi connectivity index (χ1v) is 8.99. The van der Waals surface area contributed by atoms with Gasteiger partial charge in [-0.25, -0.2) is 9.64 Å². The zero-order valence-corrected chi connectivity index (χ0v) is 15.5. The summed E-state index contributed by atoms with van der Waals surface area (Å²) < 4.78 is 11.2. The van der Waals surface area contributed by atoms with E-state index in [0.29, 0.717) is 27.9 Å². The zero-order valence-electron chi connectivity index (χ0n) is 14.7. The van der Waals surface area contributed by atoms with Gasteiger partial charge in [0, 0.05) is 10.7 Å². The molecule has 0 radical (unpaired) electrons. The minimum atomic E-state index is -0.400. The molecule has 0 aromatic heterocycles. The lowest BCUT2D eigenvalue weighted by atomic mass is 10.1. The van der Waals surface area contributed by atoms with Crippen LogP contribution in [0.1, 0.15) is 11.6 Å². The predicted molar refractivity (Wildman–Crippen MR) is 107 cm³/mol. The highest BCUT2D eigenvalue weighted by atomic mass is 35.5. The number of carbonyl (C=O) groups excluding carboxylic acids is 1.